The summed E-state index contributed by atoms with van der Waals surface area (Å²) in [6.45, 7) is 15.6. The minimum atomic E-state index is -1.22. The highest BCUT2D eigenvalue weighted by Gasteiger charge is 2.42. The van der Waals surface area contributed by atoms with Gasteiger partial charge in [0.2, 0.25) is 17.7 Å². The third-order valence-electron chi connectivity index (χ3n) is 13.6. The number of piperazine rings is 1. The summed E-state index contributed by atoms with van der Waals surface area (Å²) in [7, 11) is 1.45. The minimum absolute atomic E-state index is 0.0288. The number of urea groups is 1. The highest BCUT2D eigenvalue weighted by Crippen LogP contribution is 2.42. The number of rotatable bonds is 8. The number of benzene rings is 2. The third kappa shape index (κ3) is 9.81. The maximum Gasteiger partial charge on any atom is 0.327 e. The maximum absolute atomic E-state index is 14.7. The molecule has 6 heterocycles. The number of carbonyl (C=O) groups is 6. The van der Waals surface area contributed by atoms with Crippen LogP contribution < -0.4 is 16.1 Å². The Morgan fingerprint density at radius 2 is 1.78 bits per heavy atom. The van der Waals surface area contributed by atoms with Crippen molar-refractivity contribution in [1.29, 1.82) is 0 Å². The minimum Gasteiger partial charge on any atom is -0.508 e. The van der Waals surface area contributed by atoms with Gasteiger partial charge in [-0.15, -0.1) is 0 Å². The van der Waals surface area contributed by atoms with Gasteiger partial charge < -0.3 is 34.8 Å². The molecule has 8 rings (SSSR count). The van der Waals surface area contributed by atoms with Gasteiger partial charge in [-0.2, -0.15) is 0 Å². The summed E-state index contributed by atoms with van der Waals surface area (Å²) in [5.41, 5.74) is 9.86. The number of hydrazine groups is 1. The number of fused-ring (bicyclic) bond motifs is 6. The fourth-order valence-corrected chi connectivity index (χ4v) is 10.1. The number of hydrogen-bond donors (Lipinski definition) is 4. The molecule has 0 spiro atoms. The molecule has 6 bridgehead atoms. The molecule has 2 aromatic carbocycles. The zero-order valence-electron chi connectivity index (χ0n) is 40.4. The van der Waals surface area contributed by atoms with Crippen molar-refractivity contribution in [3.05, 3.63) is 71.5 Å². The van der Waals surface area contributed by atoms with Crippen LogP contribution in [0.1, 0.15) is 84.0 Å². The van der Waals surface area contributed by atoms with Gasteiger partial charge in [0.1, 0.15) is 30.4 Å². The lowest BCUT2D eigenvalue weighted by atomic mass is 9.83. The Balaban J connectivity index is 1.16. The van der Waals surface area contributed by atoms with E-state index in [1.165, 1.54) is 21.9 Å². The molecule has 4 atom stereocenters. The number of carbonyl (C=O) groups excluding carboxylic acids is 6. The van der Waals surface area contributed by atoms with Gasteiger partial charge in [0.25, 0.3) is 5.91 Å². The summed E-state index contributed by atoms with van der Waals surface area (Å²) >= 11 is 0. The van der Waals surface area contributed by atoms with E-state index in [9.17, 15) is 33.9 Å². The number of nitrogens with one attached hydrogen (secondary N) is 3. The fraction of sp³-hybridized carbons (Fsp3) is 0.510. The van der Waals surface area contributed by atoms with Crippen LogP contribution >= 0.6 is 0 Å². The molecule has 4 N–H and O–H groups in total. The van der Waals surface area contributed by atoms with Crippen molar-refractivity contribution in [2.24, 2.45) is 11.3 Å². The van der Waals surface area contributed by atoms with Crippen LogP contribution in [0.2, 0.25) is 0 Å². The number of esters is 1. The van der Waals surface area contributed by atoms with E-state index in [2.05, 4.69) is 73.4 Å². The van der Waals surface area contributed by atoms with E-state index >= 15 is 0 Å². The number of nitrogens with zero attached hydrogens (tertiary/aromatic N) is 6. The fourth-order valence-electron chi connectivity index (χ4n) is 10.1. The SMILES string of the molecule is CCn1c(-c2cccnc2C(C)C)c2c3cc(ccc31)-c1cc(O)cc(c1)C[C@H](NC(=O)[C@H](C(C)C)N(C)C(=O)N1CCN(C(=O)[C@@H]3CN3)CC1=O)C(=O)N1CCC[C@H](N1)C(=O)OCC(C)(C)C2. The number of aromatic nitrogens is 2. The molecule has 0 unspecified atom stereocenters. The number of cyclic esters (lactones) is 1. The predicted octanol–water partition coefficient (Wildman–Crippen LogP) is 4.59. The van der Waals surface area contributed by atoms with Crippen LogP contribution in [0.5, 0.6) is 5.75 Å². The Morgan fingerprint density at radius 3 is 2.47 bits per heavy atom. The first-order valence-corrected chi connectivity index (χ1v) is 23.9. The largest absolute Gasteiger partial charge is 0.508 e. The second-order valence-electron chi connectivity index (χ2n) is 20.2. The number of pyridine rings is 1. The topological polar surface area (TPSA) is 209 Å². The van der Waals surface area contributed by atoms with Crippen LogP contribution in [-0.4, -0.2) is 141 Å². The Labute approximate surface area is 397 Å². The van der Waals surface area contributed by atoms with E-state index in [1.54, 1.807) is 26.0 Å². The van der Waals surface area contributed by atoms with E-state index in [-0.39, 0.29) is 62.8 Å². The first-order valence-electron chi connectivity index (χ1n) is 23.9. The van der Waals surface area contributed by atoms with Crippen molar-refractivity contribution >= 4 is 46.5 Å². The van der Waals surface area contributed by atoms with E-state index in [0.717, 1.165) is 43.9 Å². The molecule has 0 radical (unpaired) electrons. The molecule has 17 nitrogen and oxygen atoms in total. The van der Waals surface area contributed by atoms with E-state index < -0.39 is 59.2 Å². The molecule has 3 saturated heterocycles. The van der Waals surface area contributed by atoms with Gasteiger partial charge in [-0.05, 0) is 96.7 Å². The van der Waals surface area contributed by atoms with Crippen molar-refractivity contribution in [1.82, 2.24) is 45.3 Å². The molecular formula is C51H65N9O8. The molecule has 17 heteroatoms. The number of aryl methyl sites for hydroxylation is 1. The highest BCUT2D eigenvalue weighted by atomic mass is 16.5. The van der Waals surface area contributed by atoms with Crippen molar-refractivity contribution in [2.45, 2.75) is 111 Å². The first kappa shape index (κ1) is 48.1. The lowest BCUT2D eigenvalue weighted by Gasteiger charge is -2.39. The van der Waals surface area contributed by atoms with Gasteiger partial charge in [0.05, 0.1) is 24.0 Å². The lowest BCUT2D eigenvalue weighted by Crippen LogP contribution is -2.63. The molecule has 362 valence electrons. The van der Waals surface area contributed by atoms with E-state index in [0.29, 0.717) is 43.5 Å². The molecule has 2 aromatic heterocycles. The molecule has 4 aromatic rings. The lowest BCUT2D eigenvalue weighted by molar-refractivity contribution is -0.155. The highest BCUT2D eigenvalue weighted by molar-refractivity contribution is 6.00. The van der Waals surface area contributed by atoms with Gasteiger partial charge in [-0.25, -0.2) is 10.2 Å². The number of hydrogen-bond acceptors (Lipinski definition) is 11. The zero-order chi connectivity index (χ0) is 48.8. The summed E-state index contributed by atoms with van der Waals surface area (Å²) in [4.78, 5) is 91.7. The number of aromatic hydroxyl groups is 1. The van der Waals surface area contributed by atoms with Crippen molar-refractivity contribution in [3.8, 4) is 28.1 Å². The maximum atomic E-state index is 14.7. The Bertz CT molecular complexity index is 2640. The summed E-state index contributed by atoms with van der Waals surface area (Å²) in [5.74, 6) is -2.71. The van der Waals surface area contributed by atoms with Crippen LogP contribution in [0, 0.1) is 11.3 Å². The second-order valence-corrected chi connectivity index (χ2v) is 20.2. The smallest absolute Gasteiger partial charge is 0.327 e. The number of likely N-dealkylation sites (N-methyl/N-ethyl adjacent to an activating group) is 1. The second kappa shape index (κ2) is 19.3. The average Bonchev–Trinajstić information content (AvgIpc) is 4.12. The van der Waals surface area contributed by atoms with Crippen molar-refractivity contribution in [2.75, 3.05) is 46.4 Å². The van der Waals surface area contributed by atoms with Gasteiger partial charge in [-0.3, -0.25) is 38.9 Å². The number of phenols is 1. The van der Waals surface area contributed by atoms with Crippen LogP contribution in [0.4, 0.5) is 4.79 Å². The zero-order valence-corrected chi connectivity index (χ0v) is 40.4. The van der Waals surface area contributed by atoms with E-state index in [4.69, 9.17) is 9.72 Å². The molecule has 3 fully saturated rings. The summed E-state index contributed by atoms with van der Waals surface area (Å²) in [6.07, 6.45) is 3.24. The van der Waals surface area contributed by atoms with E-state index in [1.807, 2.05) is 24.4 Å². The first-order chi connectivity index (χ1) is 32.3. The molecule has 4 aliphatic rings. The molecule has 0 aliphatic carbocycles. The number of phenolic OH excluding ortho intramolecular Hbond substituents is 1. The molecule has 0 saturated carbocycles. The van der Waals surface area contributed by atoms with Crippen LogP contribution in [0.25, 0.3) is 33.3 Å². The number of amides is 6. The molecule has 6 amide bonds. The summed E-state index contributed by atoms with van der Waals surface area (Å²) < 4.78 is 8.42. The van der Waals surface area contributed by atoms with Gasteiger partial charge in [-0.1, -0.05) is 53.7 Å². The van der Waals surface area contributed by atoms with Gasteiger partial charge in [0.15, 0.2) is 0 Å². The van der Waals surface area contributed by atoms with Crippen LogP contribution in [0.3, 0.4) is 0 Å². The Morgan fingerprint density at radius 1 is 1.01 bits per heavy atom. The average molecular weight is 932 g/mol. The molecule has 68 heavy (non-hydrogen) atoms. The van der Waals surface area contributed by atoms with Crippen molar-refractivity contribution < 1.29 is 38.6 Å². The third-order valence-corrected chi connectivity index (χ3v) is 13.6. The quantitative estimate of drug-likeness (QED) is 0.142. The monoisotopic (exact) mass is 931 g/mol. The summed E-state index contributed by atoms with van der Waals surface area (Å²) in [6, 6.07) is 11.3. The standard InChI is InChI=1S/C51H65N9O8/c1-9-58-41-15-14-32-24-36(41)37(45(58)35-12-10-16-52-43(35)29(2)3)25-51(6,7)28-68-49(66)38-13-11-17-60(55-38)48(65)39(22-31-20-33(32)23-34(61)21-31)54-46(63)44(30(4)5)56(8)50(67)59-19-18-57(27-42(59)62)47(64)40-26-53-40/h10,12,14-16,20-21,23-24,29-30,38-40,44,53,55,61H,9,11,13,17-19,22,25-28H2,1-8H3,(H,54,63)/t38-,39-,40-,44-/m0/s1. The van der Waals surface area contributed by atoms with Crippen LogP contribution in [0.15, 0.2) is 54.7 Å². The van der Waals surface area contributed by atoms with Crippen molar-refractivity contribution in [3.63, 3.8) is 0 Å². The van der Waals surface area contributed by atoms with Crippen LogP contribution in [-0.2, 0) is 48.1 Å². The summed E-state index contributed by atoms with van der Waals surface area (Å²) in [5, 5.41) is 19.6. The number of imide groups is 1. The molecular weight excluding hydrogens is 867 g/mol. The predicted molar refractivity (Wildman–Crippen MR) is 256 cm³/mol. The number of ether oxygens (including phenoxy) is 1. The Kier molecular flexibility index (Phi) is 13.7. The molecule has 4 aliphatic heterocycles. The van der Waals surface area contributed by atoms with Gasteiger partial charge >= 0.3 is 12.0 Å². The Hall–Kier alpha value is -6.33. The van der Waals surface area contributed by atoms with Gasteiger partial charge in [0, 0.05) is 74.3 Å². The normalized spacial score (nSPS) is 21.4.